The van der Waals surface area contributed by atoms with Crippen LogP contribution in [-0.4, -0.2) is 58.9 Å². The van der Waals surface area contributed by atoms with Gasteiger partial charge < -0.3 is 15.5 Å². The normalized spacial score (nSPS) is 14.8. The molecule has 0 aliphatic carbocycles. The summed E-state index contributed by atoms with van der Waals surface area (Å²) in [7, 11) is 2.16. The third-order valence-electron chi connectivity index (χ3n) is 5.35. The number of nitrogens with one attached hydrogen (secondary N) is 2. The Morgan fingerprint density at radius 3 is 2.75 bits per heavy atom. The lowest BCUT2D eigenvalue weighted by Gasteiger charge is -2.32. The summed E-state index contributed by atoms with van der Waals surface area (Å²) < 4.78 is 0. The summed E-state index contributed by atoms with van der Waals surface area (Å²) in [5, 5.41) is 7.01. The van der Waals surface area contributed by atoms with Crippen molar-refractivity contribution in [2.75, 3.05) is 43.9 Å². The van der Waals surface area contributed by atoms with Crippen LogP contribution in [0.3, 0.4) is 0 Å². The van der Waals surface area contributed by atoms with Crippen LogP contribution in [0.5, 0.6) is 0 Å². The van der Waals surface area contributed by atoms with Crippen LogP contribution in [0, 0.1) is 6.92 Å². The van der Waals surface area contributed by atoms with Crippen molar-refractivity contribution in [1.82, 2.24) is 19.8 Å². The fourth-order valence-electron chi connectivity index (χ4n) is 3.63. The number of aromatic nitrogens is 2. The summed E-state index contributed by atoms with van der Waals surface area (Å²) >= 11 is 1.60. The molecule has 2 aromatic heterocycles. The van der Waals surface area contributed by atoms with Crippen molar-refractivity contribution >= 4 is 33.9 Å². The first-order valence-corrected chi connectivity index (χ1v) is 11.5. The van der Waals surface area contributed by atoms with Crippen LogP contribution in [0.25, 0.3) is 11.3 Å². The predicted octanol–water partition coefficient (Wildman–Crippen LogP) is 4.13. The van der Waals surface area contributed by atoms with Crippen molar-refractivity contribution in [2.45, 2.75) is 13.5 Å². The van der Waals surface area contributed by atoms with Crippen molar-refractivity contribution in [3.63, 3.8) is 0 Å². The molecule has 4 rings (SSSR count). The summed E-state index contributed by atoms with van der Waals surface area (Å²) in [5.74, 6) is 0.530. The number of nitrogens with zero attached hydrogens (tertiary/aromatic N) is 4. The van der Waals surface area contributed by atoms with Gasteiger partial charge >= 0.3 is 0 Å². The van der Waals surface area contributed by atoms with E-state index in [4.69, 9.17) is 4.98 Å². The van der Waals surface area contributed by atoms with Gasteiger partial charge in [-0.05, 0) is 49.9 Å². The molecule has 1 amide bonds. The van der Waals surface area contributed by atoms with Crippen molar-refractivity contribution < 1.29 is 4.79 Å². The van der Waals surface area contributed by atoms with E-state index in [0.717, 1.165) is 59.8 Å². The molecule has 1 aromatic carbocycles. The number of carbonyl (C=O) groups excluding carboxylic acids is 1. The van der Waals surface area contributed by atoms with E-state index in [1.165, 1.54) is 11.6 Å². The van der Waals surface area contributed by atoms with Crippen molar-refractivity contribution in [2.24, 2.45) is 0 Å². The van der Waals surface area contributed by atoms with E-state index in [1.807, 2.05) is 37.4 Å². The van der Waals surface area contributed by atoms with Gasteiger partial charge in [0, 0.05) is 55.0 Å². The molecule has 0 saturated carbocycles. The van der Waals surface area contributed by atoms with Crippen LogP contribution in [0.15, 0.2) is 55.3 Å². The zero-order valence-corrected chi connectivity index (χ0v) is 19.3. The highest BCUT2D eigenvalue weighted by Crippen LogP contribution is 2.27. The molecule has 0 atom stereocenters. The Morgan fingerprint density at radius 2 is 2.03 bits per heavy atom. The topological polar surface area (TPSA) is 73.4 Å². The van der Waals surface area contributed by atoms with Crippen molar-refractivity contribution in [3.05, 3.63) is 65.7 Å². The van der Waals surface area contributed by atoms with E-state index < -0.39 is 0 Å². The first kappa shape index (κ1) is 22.1. The molecule has 1 fully saturated rings. The molecule has 8 heteroatoms. The fourth-order valence-corrected chi connectivity index (χ4v) is 4.30. The number of hydrogen-bond donors (Lipinski definition) is 2. The summed E-state index contributed by atoms with van der Waals surface area (Å²) in [6.45, 7) is 10.7. The zero-order chi connectivity index (χ0) is 22.5. The van der Waals surface area contributed by atoms with Crippen LogP contribution in [0.2, 0.25) is 0 Å². The fraction of sp³-hybridized carbons (Fsp3) is 0.292. The average molecular weight is 449 g/mol. The third-order valence-corrected chi connectivity index (χ3v) is 6.18. The first-order valence-electron chi connectivity index (χ1n) is 10.6. The summed E-state index contributed by atoms with van der Waals surface area (Å²) in [5.41, 5.74) is 3.69. The Bertz CT molecular complexity index is 1100. The summed E-state index contributed by atoms with van der Waals surface area (Å²) in [6, 6.07) is 11.9. The number of anilines is 3. The maximum atomic E-state index is 11.7. The van der Waals surface area contributed by atoms with E-state index in [0.29, 0.717) is 5.69 Å². The molecule has 3 heterocycles. The first-order chi connectivity index (χ1) is 15.5. The second-order valence-electron chi connectivity index (χ2n) is 8.00. The van der Waals surface area contributed by atoms with Gasteiger partial charge in [0.25, 0.3) is 0 Å². The van der Waals surface area contributed by atoms with Gasteiger partial charge in [-0.25, -0.2) is 9.97 Å². The number of carbonyl (C=O) groups is 1. The van der Waals surface area contributed by atoms with Crippen LogP contribution in [-0.2, 0) is 11.3 Å². The number of aryl methyl sites for hydroxylation is 1. The summed E-state index contributed by atoms with van der Waals surface area (Å²) in [6.07, 6.45) is 3.12. The van der Waals surface area contributed by atoms with E-state index in [9.17, 15) is 4.79 Å². The second-order valence-corrected chi connectivity index (χ2v) is 9.24. The number of hydrogen-bond acceptors (Lipinski definition) is 7. The lowest BCUT2D eigenvalue weighted by molar-refractivity contribution is -0.111. The molecule has 0 bridgehead atoms. The number of amides is 1. The summed E-state index contributed by atoms with van der Waals surface area (Å²) in [4.78, 5) is 27.0. The lowest BCUT2D eigenvalue weighted by atomic mass is 10.1. The van der Waals surface area contributed by atoms with Gasteiger partial charge in [-0.15, -0.1) is 11.3 Å². The van der Waals surface area contributed by atoms with Crippen LogP contribution in [0.4, 0.5) is 16.6 Å². The minimum Gasteiger partial charge on any atom is -0.323 e. The number of piperazine rings is 1. The molecule has 2 N–H and O–H groups in total. The number of thiazole rings is 1. The molecular formula is C24H28N6OS. The Kier molecular flexibility index (Phi) is 6.94. The largest absolute Gasteiger partial charge is 0.323 e. The van der Waals surface area contributed by atoms with Gasteiger partial charge in [0.15, 0.2) is 5.13 Å². The molecule has 166 valence electrons. The van der Waals surface area contributed by atoms with Gasteiger partial charge in [-0.3, -0.25) is 9.69 Å². The highest BCUT2D eigenvalue weighted by Gasteiger charge is 2.16. The standard InChI is InChI=1S/C24H28N6OS/c1-4-23(31)26-20-7-5-6-19(14-20)21-12-18(16-30-10-8-29(3)9-11-30)13-22(27-21)28-24-25-15-17(2)32-24/h4-7,12-15H,1,8-11,16H2,2-3H3,(H,26,31)(H,25,27,28). The Balaban J connectivity index is 1.64. The van der Waals surface area contributed by atoms with Gasteiger partial charge in [-0.1, -0.05) is 18.7 Å². The quantitative estimate of drug-likeness (QED) is 0.530. The Labute approximate surface area is 192 Å². The lowest BCUT2D eigenvalue weighted by Crippen LogP contribution is -2.43. The van der Waals surface area contributed by atoms with E-state index >= 15 is 0 Å². The Hall–Kier alpha value is -3.07. The smallest absolute Gasteiger partial charge is 0.247 e. The molecule has 0 unspecified atom stereocenters. The van der Waals surface area contributed by atoms with E-state index in [1.54, 1.807) is 11.3 Å². The molecular weight excluding hydrogens is 420 g/mol. The highest BCUT2D eigenvalue weighted by molar-refractivity contribution is 7.15. The minimum absolute atomic E-state index is 0.236. The predicted molar refractivity (Wildman–Crippen MR) is 131 cm³/mol. The molecule has 0 radical (unpaired) electrons. The average Bonchev–Trinajstić information content (AvgIpc) is 3.19. The van der Waals surface area contributed by atoms with Gasteiger partial charge in [0.2, 0.25) is 5.91 Å². The zero-order valence-electron chi connectivity index (χ0n) is 18.5. The molecule has 3 aromatic rings. The van der Waals surface area contributed by atoms with E-state index in [-0.39, 0.29) is 5.91 Å². The number of rotatable bonds is 7. The number of pyridine rings is 1. The van der Waals surface area contributed by atoms with Crippen LogP contribution < -0.4 is 10.6 Å². The maximum Gasteiger partial charge on any atom is 0.247 e. The monoisotopic (exact) mass is 448 g/mol. The van der Waals surface area contributed by atoms with Gasteiger partial charge in [-0.2, -0.15) is 0 Å². The molecule has 1 saturated heterocycles. The third kappa shape index (κ3) is 5.79. The van der Waals surface area contributed by atoms with Crippen LogP contribution >= 0.6 is 11.3 Å². The maximum absolute atomic E-state index is 11.7. The minimum atomic E-state index is -0.236. The molecule has 7 nitrogen and oxygen atoms in total. The van der Waals surface area contributed by atoms with Crippen molar-refractivity contribution in [1.29, 1.82) is 0 Å². The number of benzene rings is 1. The second kappa shape index (κ2) is 10.0. The van der Waals surface area contributed by atoms with Gasteiger partial charge in [0.1, 0.15) is 5.82 Å². The van der Waals surface area contributed by atoms with Gasteiger partial charge in [0.05, 0.1) is 5.69 Å². The Morgan fingerprint density at radius 1 is 1.22 bits per heavy atom. The molecule has 1 aliphatic rings. The van der Waals surface area contributed by atoms with Crippen LogP contribution in [0.1, 0.15) is 10.4 Å². The highest BCUT2D eigenvalue weighted by atomic mass is 32.1. The SMILES string of the molecule is C=CC(=O)Nc1cccc(-c2cc(CN3CCN(C)CC3)cc(Nc3ncc(C)s3)n2)c1. The van der Waals surface area contributed by atoms with E-state index in [2.05, 4.69) is 51.2 Å². The molecule has 0 spiro atoms. The molecule has 32 heavy (non-hydrogen) atoms. The van der Waals surface area contributed by atoms with Crippen molar-refractivity contribution in [3.8, 4) is 11.3 Å². The number of likely N-dealkylation sites (N-methyl/N-ethyl adjacent to an activating group) is 1. The molecule has 1 aliphatic heterocycles.